The lowest BCUT2D eigenvalue weighted by Crippen LogP contribution is -2.10. The molecule has 0 aliphatic rings. The topological polar surface area (TPSA) is 33.0 Å². The Morgan fingerprint density at radius 3 is 2.50 bits per heavy atom. The van der Waals surface area contributed by atoms with Crippen LogP contribution in [0.15, 0.2) is 18.2 Å². The zero-order chi connectivity index (χ0) is 12.1. The lowest BCUT2D eigenvalue weighted by Gasteiger charge is -2.15. The van der Waals surface area contributed by atoms with Crippen molar-refractivity contribution in [2.45, 2.75) is 46.1 Å². The van der Waals surface area contributed by atoms with Crippen LogP contribution < -0.4 is 4.74 Å². The molecule has 1 aromatic carbocycles. The number of nitriles is 1. The standard InChI is InChI=1S/C14H19NO/c1-5-11(4)16-14-7-6-12(10(2)3)8-13(14)9-15/h6-8,10-11H,5H2,1-4H3/t11-/m1/s1. The van der Waals surface area contributed by atoms with Crippen LogP contribution in [0, 0.1) is 11.3 Å². The largest absolute Gasteiger partial charge is 0.489 e. The van der Waals surface area contributed by atoms with E-state index in [-0.39, 0.29) is 6.10 Å². The van der Waals surface area contributed by atoms with Crippen molar-refractivity contribution in [1.82, 2.24) is 0 Å². The van der Waals surface area contributed by atoms with Crippen molar-refractivity contribution in [2.24, 2.45) is 0 Å². The number of hydrogen-bond donors (Lipinski definition) is 0. The van der Waals surface area contributed by atoms with Crippen LogP contribution >= 0.6 is 0 Å². The molecule has 16 heavy (non-hydrogen) atoms. The first-order chi connectivity index (χ1) is 7.58. The van der Waals surface area contributed by atoms with E-state index in [0.29, 0.717) is 17.2 Å². The highest BCUT2D eigenvalue weighted by Gasteiger charge is 2.09. The van der Waals surface area contributed by atoms with Gasteiger partial charge in [-0.15, -0.1) is 0 Å². The first kappa shape index (κ1) is 12.6. The molecule has 0 spiro atoms. The predicted octanol–water partition coefficient (Wildman–Crippen LogP) is 3.86. The monoisotopic (exact) mass is 217 g/mol. The van der Waals surface area contributed by atoms with Gasteiger partial charge in [-0.2, -0.15) is 5.26 Å². The summed E-state index contributed by atoms with van der Waals surface area (Å²) in [6, 6.07) is 8.05. The van der Waals surface area contributed by atoms with E-state index in [2.05, 4.69) is 26.8 Å². The van der Waals surface area contributed by atoms with Crippen molar-refractivity contribution in [3.8, 4) is 11.8 Å². The van der Waals surface area contributed by atoms with Crippen LogP contribution in [0.5, 0.6) is 5.75 Å². The minimum atomic E-state index is 0.150. The lowest BCUT2D eigenvalue weighted by atomic mass is 10.0. The molecule has 2 heteroatoms. The summed E-state index contributed by atoms with van der Waals surface area (Å²) in [5.74, 6) is 1.13. The summed E-state index contributed by atoms with van der Waals surface area (Å²) in [4.78, 5) is 0. The second kappa shape index (κ2) is 5.55. The normalized spacial score (nSPS) is 12.2. The third-order valence-electron chi connectivity index (χ3n) is 2.69. The quantitative estimate of drug-likeness (QED) is 0.767. The molecular formula is C14H19NO. The zero-order valence-electron chi connectivity index (χ0n) is 10.4. The molecule has 0 fully saturated rings. The first-order valence-corrected chi connectivity index (χ1v) is 5.79. The Balaban J connectivity index is 2.99. The highest BCUT2D eigenvalue weighted by atomic mass is 16.5. The van der Waals surface area contributed by atoms with E-state index in [0.717, 1.165) is 6.42 Å². The molecule has 0 amide bonds. The van der Waals surface area contributed by atoms with E-state index in [4.69, 9.17) is 10.00 Å². The maximum absolute atomic E-state index is 9.08. The number of rotatable bonds is 4. The zero-order valence-corrected chi connectivity index (χ0v) is 10.4. The van der Waals surface area contributed by atoms with Crippen molar-refractivity contribution in [1.29, 1.82) is 5.26 Å². The van der Waals surface area contributed by atoms with Crippen LogP contribution in [0.2, 0.25) is 0 Å². The van der Waals surface area contributed by atoms with Gasteiger partial charge in [0.05, 0.1) is 11.7 Å². The van der Waals surface area contributed by atoms with Gasteiger partial charge in [-0.05, 0) is 37.0 Å². The molecule has 0 saturated heterocycles. The molecule has 0 bridgehead atoms. The number of benzene rings is 1. The summed E-state index contributed by atoms with van der Waals surface area (Å²) < 4.78 is 5.70. The predicted molar refractivity (Wildman–Crippen MR) is 65.6 cm³/mol. The second-order valence-corrected chi connectivity index (χ2v) is 4.36. The Morgan fingerprint density at radius 2 is 2.00 bits per heavy atom. The number of ether oxygens (including phenoxy) is 1. The average molecular weight is 217 g/mol. The van der Waals surface area contributed by atoms with Gasteiger partial charge in [-0.25, -0.2) is 0 Å². The van der Waals surface area contributed by atoms with E-state index in [1.54, 1.807) is 0 Å². The van der Waals surface area contributed by atoms with Crippen LogP contribution in [0.25, 0.3) is 0 Å². The summed E-state index contributed by atoms with van der Waals surface area (Å²) in [7, 11) is 0. The Morgan fingerprint density at radius 1 is 1.31 bits per heavy atom. The highest BCUT2D eigenvalue weighted by Crippen LogP contribution is 2.24. The molecule has 0 aromatic heterocycles. The van der Waals surface area contributed by atoms with Gasteiger partial charge >= 0.3 is 0 Å². The minimum absolute atomic E-state index is 0.150. The fraction of sp³-hybridized carbons (Fsp3) is 0.500. The summed E-state index contributed by atoms with van der Waals surface area (Å²) in [5, 5.41) is 9.08. The summed E-state index contributed by atoms with van der Waals surface area (Å²) in [6.45, 7) is 8.31. The maximum atomic E-state index is 9.08. The van der Waals surface area contributed by atoms with Gasteiger partial charge in [-0.3, -0.25) is 0 Å². The van der Waals surface area contributed by atoms with Gasteiger partial charge in [0.2, 0.25) is 0 Å². The Kier molecular flexibility index (Phi) is 4.37. The fourth-order valence-corrected chi connectivity index (χ4v) is 1.40. The molecule has 0 saturated carbocycles. The Hall–Kier alpha value is -1.49. The first-order valence-electron chi connectivity index (χ1n) is 5.79. The molecule has 86 valence electrons. The van der Waals surface area contributed by atoms with Crippen LogP contribution in [-0.2, 0) is 0 Å². The van der Waals surface area contributed by atoms with E-state index in [1.807, 2.05) is 25.1 Å². The molecule has 0 N–H and O–H groups in total. The van der Waals surface area contributed by atoms with Gasteiger partial charge < -0.3 is 4.74 Å². The molecule has 2 nitrogen and oxygen atoms in total. The van der Waals surface area contributed by atoms with Crippen molar-refractivity contribution in [3.05, 3.63) is 29.3 Å². The molecule has 0 radical (unpaired) electrons. The molecule has 0 heterocycles. The molecular weight excluding hydrogens is 198 g/mol. The molecule has 0 unspecified atom stereocenters. The molecule has 1 aromatic rings. The fourth-order valence-electron chi connectivity index (χ4n) is 1.40. The van der Waals surface area contributed by atoms with Crippen molar-refractivity contribution >= 4 is 0 Å². The van der Waals surface area contributed by atoms with E-state index >= 15 is 0 Å². The van der Waals surface area contributed by atoms with Crippen LogP contribution in [-0.4, -0.2) is 6.10 Å². The molecule has 0 aliphatic carbocycles. The number of nitrogens with zero attached hydrogens (tertiary/aromatic N) is 1. The van der Waals surface area contributed by atoms with E-state index in [1.165, 1.54) is 5.56 Å². The van der Waals surface area contributed by atoms with Crippen LogP contribution in [0.3, 0.4) is 0 Å². The van der Waals surface area contributed by atoms with Crippen LogP contribution in [0.4, 0.5) is 0 Å². The maximum Gasteiger partial charge on any atom is 0.137 e. The average Bonchev–Trinajstić information content (AvgIpc) is 2.29. The van der Waals surface area contributed by atoms with Crippen LogP contribution in [0.1, 0.15) is 51.2 Å². The third-order valence-corrected chi connectivity index (χ3v) is 2.69. The van der Waals surface area contributed by atoms with E-state index < -0.39 is 0 Å². The lowest BCUT2D eigenvalue weighted by molar-refractivity contribution is 0.217. The summed E-state index contributed by atoms with van der Waals surface area (Å²) in [6.07, 6.45) is 1.09. The van der Waals surface area contributed by atoms with Gasteiger partial charge in [0, 0.05) is 0 Å². The number of hydrogen-bond acceptors (Lipinski definition) is 2. The molecule has 1 atom stereocenters. The van der Waals surface area contributed by atoms with Gasteiger partial charge in [0.15, 0.2) is 0 Å². The van der Waals surface area contributed by atoms with Crippen molar-refractivity contribution in [2.75, 3.05) is 0 Å². The third kappa shape index (κ3) is 3.00. The molecule has 0 aliphatic heterocycles. The minimum Gasteiger partial charge on any atom is -0.489 e. The summed E-state index contributed by atoms with van der Waals surface area (Å²) >= 11 is 0. The van der Waals surface area contributed by atoms with E-state index in [9.17, 15) is 0 Å². The molecule has 1 rings (SSSR count). The van der Waals surface area contributed by atoms with Gasteiger partial charge in [-0.1, -0.05) is 26.8 Å². The Bertz CT molecular complexity index is 390. The van der Waals surface area contributed by atoms with Gasteiger partial charge in [0.1, 0.15) is 11.8 Å². The second-order valence-electron chi connectivity index (χ2n) is 4.36. The smallest absolute Gasteiger partial charge is 0.137 e. The van der Waals surface area contributed by atoms with Crippen molar-refractivity contribution in [3.63, 3.8) is 0 Å². The highest BCUT2D eigenvalue weighted by molar-refractivity contribution is 5.46. The van der Waals surface area contributed by atoms with Crippen molar-refractivity contribution < 1.29 is 4.74 Å². The van der Waals surface area contributed by atoms with Gasteiger partial charge in [0.25, 0.3) is 0 Å². The Labute approximate surface area is 97.9 Å². The SMILES string of the molecule is CC[C@@H](C)Oc1ccc(C(C)C)cc1C#N. The summed E-state index contributed by atoms with van der Waals surface area (Å²) in [5.41, 5.74) is 1.81.